The van der Waals surface area contributed by atoms with Gasteiger partial charge >= 0.3 is 0 Å². The fraction of sp³-hybridized carbons (Fsp3) is 0.231. The molecule has 2 aromatic rings. The molecule has 0 aliphatic heterocycles. The van der Waals surface area contributed by atoms with E-state index in [0.717, 1.165) is 17.9 Å². The van der Waals surface area contributed by atoms with Crippen LogP contribution in [-0.2, 0) is 6.42 Å². The Bertz CT molecular complexity index is 451. The third kappa shape index (κ3) is 2.93. The highest BCUT2D eigenvalue weighted by Gasteiger charge is 1.98. The predicted octanol–water partition coefficient (Wildman–Crippen LogP) is 2.82. The number of benzene rings is 1. The van der Waals surface area contributed by atoms with Gasteiger partial charge in [0, 0.05) is 18.9 Å². The second kappa shape index (κ2) is 5.30. The number of nitrogens with zero attached hydrogens (tertiary/aromatic N) is 2. The molecule has 4 heteroatoms. The van der Waals surface area contributed by atoms with Crippen LogP contribution < -0.4 is 10.6 Å². The van der Waals surface area contributed by atoms with E-state index in [1.54, 1.807) is 13.2 Å². The van der Waals surface area contributed by atoms with E-state index in [1.165, 1.54) is 5.56 Å². The van der Waals surface area contributed by atoms with Gasteiger partial charge in [0.15, 0.2) is 0 Å². The van der Waals surface area contributed by atoms with Crippen molar-refractivity contribution in [2.24, 2.45) is 0 Å². The van der Waals surface area contributed by atoms with Gasteiger partial charge in [-0.15, -0.1) is 0 Å². The smallest absolute Gasteiger partial charge is 0.224 e. The van der Waals surface area contributed by atoms with Crippen LogP contribution in [0.4, 0.5) is 17.5 Å². The average molecular weight is 228 g/mol. The Labute approximate surface area is 101 Å². The zero-order chi connectivity index (χ0) is 12.1. The molecule has 0 spiro atoms. The van der Waals surface area contributed by atoms with Crippen molar-refractivity contribution < 1.29 is 0 Å². The summed E-state index contributed by atoms with van der Waals surface area (Å²) in [4.78, 5) is 8.38. The zero-order valence-electron chi connectivity index (χ0n) is 10.1. The van der Waals surface area contributed by atoms with E-state index in [1.807, 2.05) is 18.2 Å². The number of aryl methyl sites for hydroxylation is 1. The van der Waals surface area contributed by atoms with E-state index in [-0.39, 0.29) is 0 Å². The molecule has 0 unspecified atom stereocenters. The highest BCUT2D eigenvalue weighted by atomic mass is 15.1. The van der Waals surface area contributed by atoms with E-state index in [9.17, 15) is 0 Å². The fourth-order valence-corrected chi connectivity index (χ4v) is 1.57. The van der Waals surface area contributed by atoms with Gasteiger partial charge in [-0.3, -0.25) is 0 Å². The minimum atomic E-state index is 0.613. The number of hydrogen-bond acceptors (Lipinski definition) is 4. The van der Waals surface area contributed by atoms with Gasteiger partial charge in [0.05, 0.1) is 0 Å². The van der Waals surface area contributed by atoms with Gasteiger partial charge in [-0.05, 0) is 30.2 Å². The largest absolute Gasteiger partial charge is 0.357 e. The first kappa shape index (κ1) is 11.4. The van der Waals surface area contributed by atoms with Crippen molar-refractivity contribution in [3.63, 3.8) is 0 Å². The summed E-state index contributed by atoms with van der Waals surface area (Å²) in [6, 6.07) is 10.2. The van der Waals surface area contributed by atoms with Gasteiger partial charge in [0.2, 0.25) is 5.95 Å². The Morgan fingerprint density at radius 2 is 2.12 bits per heavy atom. The minimum Gasteiger partial charge on any atom is -0.357 e. The van der Waals surface area contributed by atoms with Crippen LogP contribution >= 0.6 is 0 Å². The minimum absolute atomic E-state index is 0.613. The second-order valence-electron chi connectivity index (χ2n) is 3.69. The van der Waals surface area contributed by atoms with E-state index in [4.69, 9.17) is 0 Å². The molecular formula is C13H16N4. The molecule has 1 aromatic heterocycles. The average Bonchev–Trinajstić information content (AvgIpc) is 2.39. The summed E-state index contributed by atoms with van der Waals surface area (Å²) in [7, 11) is 1.80. The standard InChI is InChI=1S/C13H16N4/c1-3-10-5-4-6-11(9-10)16-12-7-8-15-13(14-2)17-12/h4-9H,3H2,1-2H3,(H2,14,15,16,17). The first-order chi connectivity index (χ1) is 8.31. The van der Waals surface area contributed by atoms with Crippen LogP contribution in [0.25, 0.3) is 0 Å². The van der Waals surface area contributed by atoms with Gasteiger partial charge in [0.25, 0.3) is 0 Å². The van der Waals surface area contributed by atoms with Crippen molar-refractivity contribution in [3.05, 3.63) is 42.1 Å². The molecule has 0 atom stereocenters. The first-order valence-corrected chi connectivity index (χ1v) is 5.68. The summed E-state index contributed by atoms with van der Waals surface area (Å²) < 4.78 is 0. The lowest BCUT2D eigenvalue weighted by Crippen LogP contribution is -1.99. The van der Waals surface area contributed by atoms with Crippen LogP contribution in [0.15, 0.2) is 36.5 Å². The van der Waals surface area contributed by atoms with Crippen molar-refractivity contribution in [2.45, 2.75) is 13.3 Å². The van der Waals surface area contributed by atoms with Crippen LogP contribution in [0.2, 0.25) is 0 Å². The quantitative estimate of drug-likeness (QED) is 0.844. The van der Waals surface area contributed by atoms with E-state index in [0.29, 0.717) is 5.95 Å². The van der Waals surface area contributed by atoms with Crippen LogP contribution in [0.1, 0.15) is 12.5 Å². The highest BCUT2D eigenvalue weighted by Crippen LogP contribution is 2.16. The van der Waals surface area contributed by atoms with Crippen molar-refractivity contribution in [1.82, 2.24) is 9.97 Å². The molecule has 0 amide bonds. The molecule has 2 rings (SSSR count). The molecule has 4 nitrogen and oxygen atoms in total. The van der Waals surface area contributed by atoms with Crippen molar-refractivity contribution >= 4 is 17.5 Å². The number of nitrogens with one attached hydrogen (secondary N) is 2. The van der Waals surface area contributed by atoms with Crippen molar-refractivity contribution in [3.8, 4) is 0 Å². The molecule has 17 heavy (non-hydrogen) atoms. The fourth-order valence-electron chi connectivity index (χ4n) is 1.57. The van der Waals surface area contributed by atoms with Gasteiger partial charge < -0.3 is 10.6 Å². The molecule has 0 aliphatic carbocycles. The van der Waals surface area contributed by atoms with E-state index < -0.39 is 0 Å². The summed E-state index contributed by atoms with van der Waals surface area (Å²) in [5.41, 5.74) is 2.35. The Morgan fingerprint density at radius 3 is 2.88 bits per heavy atom. The van der Waals surface area contributed by atoms with E-state index in [2.05, 4.69) is 39.7 Å². The molecule has 0 fully saturated rings. The molecule has 0 saturated heterocycles. The summed E-state index contributed by atoms with van der Waals surface area (Å²) in [5, 5.41) is 6.18. The maximum absolute atomic E-state index is 4.31. The van der Waals surface area contributed by atoms with Crippen LogP contribution in [-0.4, -0.2) is 17.0 Å². The summed E-state index contributed by atoms with van der Waals surface area (Å²) in [5.74, 6) is 1.40. The normalized spacial score (nSPS) is 10.0. The van der Waals surface area contributed by atoms with Gasteiger partial charge in [-0.2, -0.15) is 4.98 Å². The van der Waals surface area contributed by atoms with Crippen LogP contribution in [0.3, 0.4) is 0 Å². The molecular weight excluding hydrogens is 212 g/mol. The Balaban J connectivity index is 2.18. The monoisotopic (exact) mass is 228 g/mol. The molecule has 0 saturated carbocycles. The van der Waals surface area contributed by atoms with Crippen molar-refractivity contribution in [2.75, 3.05) is 17.7 Å². The Hall–Kier alpha value is -2.10. The van der Waals surface area contributed by atoms with Crippen molar-refractivity contribution in [1.29, 1.82) is 0 Å². The van der Waals surface area contributed by atoms with Crippen LogP contribution in [0, 0.1) is 0 Å². The Kier molecular flexibility index (Phi) is 3.55. The maximum atomic E-state index is 4.31. The predicted molar refractivity (Wildman–Crippen MR) is 70.7 cm³/mol. The van der Waals surface area contributed by atoms with Gasteiger partial charge in [-0.25, -0.2) is 4.98 Å². The number of aromatic nitrogens is 2. The highest BCUT2D eigenvalue weighted by molar-refractivity contribution is 5.57. The third-order valence-corrected chi connectivity index (χ3v) is 2.49. The van der Waals surface area contributed by atoms with Gasteiger partial charge in [0.1, 0.15) is 5.82 Å². The zero-order valence-corrected chi connectivity index (χ0v) is 10.1. The topological polar surface area (TPSA) is 49.8 Å². The lowest BCUT2D eigenvalue weighted by Gasteiger charge is -2.07. The number of anilines is 3. The summed E-state index contributed by atoms with van der Waals surface area (Å²) in [6.45, 7) is 2.14. The number of hydrogen-bond donors (Lipinski definition) is 2. The number of rotatable bonds is 4. The molecule has 1 heterocycles. The lowest BCUT2D eigenvalue weighted by molar-refractivity contribution is 1.13. The summed E-state index contributed by atoms with van der Waals surface area (Å²) >= 11 is 0. The molecule has 0 bridgehead atoms. The summed E-state index contributed by atoms with van der Waals surface area (Å²) in [6.07, 6.45) is 2.76. The van der Waals surface area contributed by atoms with Gasteiger partial charge in [-0.1, -0.05) is 19.1 Å². The Morgan fingerprint density at radius 1 is 1.24 bits per heavy atom. The second-order valence-corrected chi connectivity index (χ2v) is 3.69. The van der Waals surface area contributed by atoms with E-state index >= 15 is 0 Å². The SMILES string of the molecule is CCc1cccc(Nc2ccnc(NC)n2)c1. The molecule has 2 N–H and O–H groups in total. The lowest BCUT2D eigenvalue weighted by atomic mass is 10.1. The molecule has 0 radical (unpaired) electrons. The first-order valence-electron chi connectivity index (χ1n) is 5.68. The maximum Gasteiger partial charge on any atom is 0.224 e. The molecule has 1 aromatic carbocycles. The van der Waals surface area contributed by atoms with Crippen LogP contribution in [0.5, 0.6) is 0 Å². The molecule has 0 aliphatic rings. The third-order valence-electron chi connectivity index (χ3n) is 2.49. The molecule has 88 valence electrons.